The minimum atomic E-state index is -0.550. The fraction of sp³-hybridized carbons (Fsp3) is 0.100. The Morgan fingerprint density at radius 3 is 2.81 bits per heavy atom. The molecule has 0 fully saturated rings. The molecule has 0 spiro atoms. The van der Waals surface area contributed by atoms with Gasteiger partial charge in [-0.1, -0.05) is 0 Å². The first-order valence-electron chi connectivity index (χ1n) is 4.34. The van der Waals surface area contributed by atoms with Crippen LogP contribution in [0.5, 0.6) is 0 Å². The number of anilines is 1. The van der Waals surface area contributed by atoms with E-state index in [1.165, 1.54) is 31.4 Å². The average molecular weight is 222 g/mol. The Kier molecular flexibility index (Phi) is 3.60. The molecule has 0 saturated heterocycles. The molecule has 84 valence electrons. The van der Waals surface area contributed by atoms with E-state index in [1.807, 2.05) is 0 Å². The van der Waals surface area contributed by atoms with Crippen molar-refractivity contribution in [1.82, 2.24) is 0 Å². The van der Waals surface area contributed by atoms with Crippen LogP contribution < -0.4 is 5.73 Å². The molecule has 1 aromatic rings. The summed E-state index contributed by atoms with van der Waals surface area (Å²) in [5, 5.41) is 10.5. The van der Waals surface area contributed by atoms with Crippen molar-refractivity contribution in [2.24, 2.45) is 0 Å². The van der Waals surface area contributed by atoms with Gasteiger partial charge in [0, 0.05) is 29.5 Å². The van der Waals surface area contributed by atoms with E-state index >= 15 is 0 Å². The molecule has 0 amide bonds. The van der Waals surface area contributed by atoms with Crippen molar-refractivity contribution in [1.29, 1.82) is 0 Å². The van der Waals surface area contributed by atoms with Crippen LogP contribution in [0.15, 0.2) is 24.3 Å². The zero-order valence-electron chi connectivity index (χ0n) is 8.54. The summed E-state index contributed by atoms with van der Waals surface area (Å²) in [7, 11) is 1.24. The van der Waals surface area contributed by atoms with Crippen molar-refractivity contribution in [3.05, 3.63) is 40.0 Å². The molecule has 0 saturated carbocycles. The van der Waals surface area contributed by atoms with Gasteiger partial charge < -0.3 is 10.5 Å². The quantitative estimate of drug-likeness (QED) is 0.274. The minimum absolute atomic E-state index is 0.0845. The van der Waals surface area contributed by atoms with Crippen molar-refractivity contribution in [3.63, 3.8) is 0 Å². The second-order valence-corrected chi connectivity index (χ2v) is 2.93. The third-order valence-corrected chi connectivity index (χ3v) is 1.88. The largest absolute Gasteiger partial charge is 0.466 e. The molecule has 0 bridgehead atoms. The Bertz CT molecular complexity index is 454. The Balaban J connectivity index is 3.03. The van der Waals surface area contributed by atoms with Gasteiger partial charge in [0.15, 0.2) is 0 Å². The van der Waals surface area contributed by atoms with Crippen LogP contribution in [0, 0.1) is 10.1 Å². The second kappa shape index (κ2) is 4.92. The molecule has 16 heavy (non-hydrogen) atoms. The van der Waals surface area contributed by atoms with Gasteiger partial charge in [-0.3, -0.25) is 10.1 Å². The van der Waals surface area contributed by atoms with Crippen molar-refractivity contribution < 1.29 is 14.5 Å². The summed E-state index contributed by atoms with van der Waals surface area (Å²) in [5.74, 6) is -0.550. The maximum absolute atomic E-state index is 10.8. The number of ether oxygens (including phenoxy) is 1. The Morgan fingerprint density at radius 1 is 1.56 bits per heavy atom. The first kappa shape index (κ1) is 11.7. The summed E-state index contributed by atoms with van der Waals surface area (Å²) < 4.78 is 4.39. The number of nitrogens with zero attached hydrogens (tertiary/aromatic N) is 1. The number of carbonyl (C=O) groups is 1. The first-order valence-corrected chi connectivity index (χ1v) is 4.34. The van der Waals surface area contributed by atoms with E-state index in [0.29, 0.717) is 11.3 Å². The summed E-state index contributed by atoms with van der Waals surface area (Å²) in [4.78, 5) is 20.8. The lowest BCUT2D eigenvalue weighted by Gasteiger charge is -1.99. The van der Waals surface area contributed by atoms with Crippen LogP contribution in [0.25, 0.3) is 6.08 Å². The van der Waals surface area contributed by atoms with Gasteiger partial charge in [0.2, 0.25) is 0 Å². The standard InChI is InChI=1S/C10H10N2O4/c1-16-10(13)5-2-7-6-8(12(14)15)3-4-9(7)11/h2-6H,11H2,1H3. The average Bonchev–Trinajstić information content (AvgIpc) is 2.27. The van der Waals surface area contributed by atoms with E-state index < -0.39 is 10.9 Å². The summed E-state index contributed by atoms with van der Waals surface area (Å²) in [6.07, 6.45) is 2.52. The summed E-state index contributed by atoms with van der Waals surface area (Å²) in [5.41, 5.74) is 6.26. The Labute approximate surface area is 91.5 Å². The van der Waals surface area contributed by atoms with Crippen LogP contribution in [0.2, 0.25) is 0 Å². The van der Waals surface area contributed by atoms with Crippen molar-refractivity contribution in [3.8, 4) is 0 Å². The molecular weight excluding hydrogens is 212 g/mol. The minimum Gasteiger partial charge on any atom is -0.466 e. The topological polar surface area (TPSA) is 95.5 Å². The molecular formula is C10H10N2O4. The number of methoxy groups -OCH3 is 1. The number of hydrogen-bond donors (Lipinski definition) is 1. The Morgan fingerprint density at radius 2 is 2.25 bits per heavy atom. The normalized spacial score (nSPS) is 10.3. The number of nitrogen functional groups attached to an aromatic ring is 1. The second-order valence-electron chi connectivity index (χ2n) is 2.93. The number of nitrogens with two attached hydrogens (primary N) is 1. The molecule has 0 heterocycles. The van der Waals surface area contributed by atoms with Crippen LogP contribution in [0.4, 0.5) is 11.4 Å². The van der Waals surface area contributed by atoms with Crippen LogP contribution in [0.1, 0.15) is 5.56 Å². The Hall–Kier alpha value is -2.37. The van der Waals surface area contributed by atoms with Crippen LogP contribution in [-0.4, -0.2) is 18.0 Å². The van der Waals surface area contributed by atoms with E-state index in [4.69, 9.17) is 5.73 Å². The molecule has 0 aliphatic carbocycles. The van der Waals surface area contributed by atoms with Gasteiger partial charge in [0.1, 0.15) is 0 Å². The first-order chi connectivity index (χ1) is 7.54. The van der Waals surface area contributed by atoms with Gasteiger partial charge in [0.05, 0.1) is 12.0 Å². The highest BCUT2D eigenvalue weighted by molar-refractivity contribution is 5.88. The highest BCUT2D eigenvalue weighted by Gasteiger charge is 2.07. The zero-order valence-corrected chi connectivity index (χ0v) is 8.54. The SMILES string of the molecule is COC(=O)C=Cc1cc([N+](=O)[O-])ccc1N. The molecule has 6 heteroatoms. The number of benzene rings is 1. The molecule has 1 aromatic carbocycles. The van der Waals surface area contributed by atoms with Crippen LogP contribution in [0.3, 0.4) is 0 Å². The molecule has 0 radical (unpaired) electrons. The summed E-state index contributed by atoms with van der Waals surface area (Å²) in [6, 6.07) is 3.99. The molecule has 0 aliphatic heterocycles. The van der Waals surface area contributed by atoms with E-state index in [2.05, 4.69) is 4.74 Å². The van der Waals surface area contributed by atoms with Gasteiger partial charge >= 0.3 is 5.97 Å². The number of non-ortho nitro benzene ring substituents is 1. The molecule has 0 aromatic heterocycles. The lowest BCUT2D eigenvalue weighted by molar-refractivity contribution is -0.384. The fourth-order valence-corrected chi connectivity index (χ4v) is 1.05. The van der Waals surface area contributed by atoms with Crippen molar-refractivity contribution >= 4 is 23.4 Å². The maximum atomic E-state index is 10.8. The van der Waals surface area contributed by atoms with Gasteiger partial charge in [-0.2, -0.15) is 0 Å². The smallest absolute Gasteiger partial charge is 0.330 e. The van der Waals surface area contributed by atoms with E-state index in [9.17, 15) is 14.9 Å². The third-order valence-electron chi connectivity index (χ3n) is 1.88. The molecule has 2 N–H and O–H groups in total. The predicted octanol–water partition coefficient (Wildman–Crippen LogP) is 1.36. The van der Waals surface area contributed by atoms with E-state index in [0.717, 1.165) is 6.08 Å². The van der Waals surface area contributed by atoms with E-state index in [1.54, 1.807) is 0 Å². The number of hydrogen-bond acceptors (Lipinski definition) is 5. The number of esters is 1. The van der Waals surface area contributed by atoms with Gasteiger partial charge in [-0.15, -0.1) is 0 Å². The molecule has 6 nitrogen and oxygen atoms in total. The number of nitro groups is 1. The number of nitro benzene ring substituents is 1. The zero-order chi connectivity index (χ0) is 12.1. The van der Waals surface area contributed by atoms with Gasteiger partial charge in [0.25, 0.3) is 5.69 Å². The molecule has 1 rings (SSSR count). The van der Waals surface area contributed by atoms with E-state index in [-0.39, 0.29) is 5.69 Å². The molecule has 0 atom stereocenters. The van der Waals surface area contributed by atoms with Crippen LogP contribution in [-0.2, 0) is 9.53 Å². The third kappa shape index (κ3) is 2.81. The lowest BCUT2D eigenvalue weighted by atomic mass is 10.1. The molecule has 0 aliphatic rings. The fourth-order valence-electron chi connectivity index (χ4n) is 1.05. The highest BCUT2D eigenvalue weighted by atomic mass is 16.6. The van der Waals surface area contributed by atoms with Crippen molar-refractivity contribution in [2.45, 2.75) is 0 Å². The predicted molar refractivity (Wildman–Crippen MR) is 58.6 cm³/mol. The number of carbonyl (C=O) groups excluding carboxylic acids is 1. The summed E-state index contributed by atoms with van der Waals surface area (Å²) >= 11 is 0. The molecule has 0 unspecified atom stereocenters. The summed E-state index contributed by atoms with van der Waals surface area (Å²) in [6.45, 7) is 0. The van der Waals surface area contributed by atoms with Crippen molar-refractivity contribution in [2.75, 3.05) is 12.8 Å². The maximum Gasteiger partial charge on any atom is 0.330 e. The lowest BCUT2D eigenvalue weighted by Crippen LogP contribution is -1.96. The van der Waals surface area contributed by atoms with Crippen LogP contribution >= 0.6 is 0 Å². The van der Waals surface area contributed by atoms with Gasteiger partial charge in [-0.25, -0.2) is 4.79 Å². The monoisotopic (exact) mass is 222 g/mol. The van der Waals surface area contributed by atoms with Gasteiger partial charge in [-0.05, 0) is 12.1 Å². The number of rotatable bonds is 3. The highest BCUT2D eigenvalue weighted by Crippen LogP contribution is 2.20.